The van der Waals surface area contributed by atoms with Crippen molar-refractivity contribution in [3.63, 3.8) is 0 Å². The number of aliphatic carboxylic acids is 1. The standard InChI is InChI=1S/C25H33NO5S.Na/c1-24(2,3)23(29)26-18-9-11-19(17(14-18)15-32-25(4,5)6)31-21-12-16(13-22(27)28)8-10-20(21)30-7;/h8-12,14H,13,15H2,1-7H3,(H,26,29)(H,27,28);. The zero-order valence-corrected chi connectivity index (χ0v) is 23.7. The average molecular weight is 483 g/mol. The number of anilines is 1. The molecule has 0 heterocycles. The van der Waals surface area contributed by atoms with E-state index in [-0.39, 0.29) is 46.6 Å². The third-order valence-corrected chi connectivity index (χ3v) is 5.78. The van der Waals surface area contributed by atoms with E-state index in [1.165, 1.54) is 0 Å². The zero-order valence-electron chi connectivity index (χ0n) is 20.9. The number of benzene rings is 2. The first-order valence-electron chi connectivity index (χ1n) is 10.4. The van der Waals surface area contributed by atoms with Crippen molar-refractivity contribution < 1.29 is 24.2 Å². The van der Waals surface area contributed by atoms with Gasteiger partial charge in [-0.25, -0.2) is 0 Å². The molecule has 2 N–H and O–H groups in total. The Balaban J connectivity index is 0.00000544. The second-order valence-corrected chi connectivity index (χ2v) is 11.4. The molecule has 1 amide bonds. The van der Waals surface area contributed by atoms with Crippen LogP contribution in [0.5, 0.6) is 17.2 Å². The Kier molecular flexibility index (Phi) is 10.8. The number of carboxylic acid groups (broad SMARTS) is 1. The quantitative estimate of drug-likeness (QED) is 0.466. The van der Waals surface area contributed by atoms with E-state index in [0.29, 0.717) is 34.3 Å². The molecule has 0 aliphatic rings. The number of carboxylic acids is 1. The van der Waals surface area contributed by atoms with E-state index < -0.39 is 11.4 Å². The third kappa shape index (κ3) is 9.61. The maximum absolute atomic E-state index is 12.4. The molecule has 0 fully saturated rings. The summed E-state index contributed by atoms with van der Waals surface area (Å²) in [6.07, 6.45) is -0.106. The number of amides is 1. The monoisotopic (exact) mass is 482 g/mol. The molecule has 0 saturated carbocycles. The number of nitrogens with one attached hydrogen (secondary N) is 1. The molecule has 8 heteroatoms. The van der Waals surface area contributed by atoms with Gasteiger partial charge in [-0.05, 0) is 35.9 Å². The fourth-order valence-corrected chi connectivity index (χ4v) is 3.50. The predicted octanol–water partition coefficient (Wildman–Crippen LogP) is 5.75. The van der Waals surface area contributed by atoms with Crippen molar-refractivity contribution in [1.82, 2.24) is 0 Å². The van der Waals surface area contributed by atoms with Crippen molar-refractivity contribution >= 4 is 58.9 Å². The molecule has 0 spiro atoms. The number of carbonyl (C=O) groups is 2. The smallest absolute Gasteiger partial charge is 0.307 e. The zero-order chi connectivity index (χ0) is 24.1. The third-order valence-electron chi connectivity index (χ3n) is 4.46. The van der Waals surface area contributed by atoms with Gasteiger partial charge in [0.1, 0.15) is 5.75 Å². The summed E-state index contributed by atoms with van der Waals surface area (Å²) in [4.78, 5) is 23.5. The van der Waals surface area contributed by atoms with Gasteiger partial charge in [0, 0.05) is 56.7 Å². The second-order valence-electron chi connectivity index (χ2n) is 9.59. The Morgan fingerprint density at radius 3 is 2.15 bits per heavy atom. The number of hydrogen-bond donors (Lipinski definition) is 2. The van der Waals surface area contributed by atoms with Gasteiger partial charge in [0.15, 0.2) is 11.5 Å². The minimum Gasteiger partial charge on any atom is -0.493 e. The molecule has 0 unspecified atom stereocenters. The number of thioether (sulfide) groups is 1. The van der Waals surface area contributed by atoms with Gasteiger partial charge < -0.3 is 19.9 Å². The van der Waals surface area contributed by atoms with Gasteiger partial charge in [0.2, 0.25) is 5.91 Å². The first-order chi connectivity index (χ1) is 14.8. The summed E-state index contributed by atoms with van der Waals surface area (Å²) in [5, 5.41) is 12.1. The van der Waals surface area contributed by atoms with E-state index in [4.69, 9.17) is 14.6 Å². The second kappa shape index (κ2) is 12.2. The summed E-state index contributed by atoms with van der Waals surface area (Å²) in [5.41, 5.74) is 1.73. The summed E-state index contributed by atoms with van der Waals surface area (Å²) in [7, 11) is 1.54. The van der Waals surface area contributed by atoms with Crippen molar-refractivity contribution in [2.45, 2.75) is 58.5 Å². The maximum atomic E-state index is 12.4. The largest absolute Gasteiger partial charge is 0.493 e. The molecule has 0 aromatic heterocycles. The molecular weight excluding hydrogens is 449 g/mol. The van der Waals surface area contributed by atoms with Crippen LogP contribution in [0.1, 0.15) is 52.7 Å². The fourth-order valence-electron chi connectivity index (χ4n) is 2.69. The van der Waals surface area contributed by atoms with Crippen LogP contribution in [-0.4, -0.2) is 58.4 Å². The van der Waals surface area contributed by atoms with E-state index in [0.717, 1.165) is 5.56 Å². The van der Waals surface area contributed by atoms with Crippen molar-refractivity contribution in [3.05, 3.63) is 47.5 Å². The predicted molar refractivity (Wildman–Crippen MR) is 136 cm³/mol. The average Bonchev–Trinajstić information content (AvgIpc) is 2.66. The molecule has 33 heavy (non-hydrogen) atoms. The Bertz CT molecular complexity index is 980. The van der Waals surface area contributed by atoms with Gasteiger partial charge in [-0.15, -0.1) is 0 Å². The normalized spacial score (nSPS) is 11.4. The van der Waals surface area contributed by atoms with Gasteiger partial charge in [0.05, 0.1) is 13.5 Å². The first kappa shape index (κ1) is 29.4. The molecule has 1 radical (unpaired) electrons. The minimum atomic E-state index is -0.915. The molecule has 175 valence electrons. The Hall–Kier alpha value is -1.67. The van der Waals surface area contributed by atoms with E-state index >= 15 is 0 Å². The molecule has 2 aromatic rings. The molecule has 6 nitrogen and oxygen atoms in total. The van der Waals surface area contributed by atoms with Crippen molar-refractivity contribution in [2.24, 2.45) is 5.41 Å². The van der Waals surface area contributed by atoms with E-state index in [2.05, 4.69) is 26.1 Å². The van der Waals surface area contributed by atoms with Crippen molar-refractivity contribution in [1.29, 1.82) is 0 Å². The topological polar surface area (TPSA) is 84.9 Å². The minimum absolute atomic E-state index is 0. The van der Waals surface area contributed by atoms with Crippen LogP contribution in [0.2, 0.25) is 0 Å². The van der Waals surface area contributed by atoms with Crippen LogP contribution in [0, 0.1) is 5.41 Å². The van der Waals surface area contributed by atoms with Crippen LogP contribution in [0.3, 0.4) is 0 Å². The van der Waals surface area contributed by atoms with Crippen LogP contribution >= 0.6 is 11.8 Å². The summed E-state index contributed by atoms with van der Waals surface area (Å²) < 4.78 is 11.7. The van der Waals surface area contributed by atoms with E-state index in [1.807, 2.05) is 32.9 Å². The first-order valence-corrected chi connectivity index (χ1v) is 11.4. The van der Waals surface area contributed by atoms with Crippen LogP contribution in [0.4, 0.5) is 5.69 Å². The summed E-state index contributed by atoms with van der Waals surface area (Å²) in [5.74, 6) is 1.28. The number of ether oxygens (including phenoxy) is 2. The van der Waals surface area contributed by atoms with Crippen molar-refractivity contribution in [2.75, 3.05) is 12.4 Å². The maximum Gasteiger partial charge on any atom is 0.307 e. The van der Waals surface area contributed by atoms with Gasteiger partial charge in [-0.3, -0.25) is 9.59 Å². The molecule has 0 aliphatic heterocycles. The van der Waals surface area contributed by atoms with Crippen LogP contribution in [0.25, 0.3) is 0 Å². The van der Waals surface area contributed by atoms with E-state index in [9.17, 15) is 9.59 Å². The molecule has 0 aliphatic carbocycles. The van der Waals surface area contributed by atoms with Gasteiger partial charge in [-0.1, -0.05) is 47.6 Å². The SMILES string of the molecule is COc1ccc(CC(=O)O)cc1Oc1ccc(NC(=O)C(C)(C)C)cc1CSC(C)(C)C.[Na]. The molecule has 2 aromatic carbocycles. The number of methoxy groups -OCH3 is 1. The summed E-state index contributed by atoms with van der Waals surface area (Å²) in [6, 6.07) is 10.6. The Morgan fingerprint density at radius 1 is 0.970 bits per heavy atom. The number of rotatable bonds is 8. The van der Waals surface area contributed by atoms with Gasteiger partial charge in [0.25, 0.3) is 0 Å². The summed E-state index contributed by atoms with van der Waals surface area (Å²) >= 11 is 1.76. The summed E-state index contributed by atoms with van der Waals surface area (Å²) in [6.45, 7) is 12.0. The van der Waals surface area contributed by atoms with Gasteiger partial charge >= 0.3 is 5.97 Å². The van der Waals surface area contributed by atoms with Crippen LogP contribution < -0.4 is 14.8 Å². The van der Waals surface area contributed by atoms with E-state index in [1.54, 1.807) is 43.1 Å². The molecule has 0 saturated heterocycles. The van der Waals surface area contributed by atoms with Crippen LogP contribution in [0.15, 0.2) is 36.4 Å². The van der Waals surface area contributed by atoms with Gasteiger partial charge in [-0.2, -0.15) is 11.8 Å². The molecule has 0 bridgehead atoms. The molecule has 0 atom stereocenters. The molecule has 2 rings (SSSR count). The Morgan fingerprint density at radius 2 is 1.61 bits per heavy atom. The Labute approximate surface area is 223 Å². The number of hydrogen-bond acceptors (Lipinski definition) is 5. The fraction of sp³-hybridized carbons (Fsp3) is 0.440. The number of carbonyl (C=O) groups excluding carboxylic acids is 1. The van der Waals surface area contributed by atoms with Crippen LogP contribution in [-0.2, 0) is 21.8 Å². The van der Waals surface area contributed by atoms with Crippen molar-refractivity contribution in [3.8, 4) is 17.2 Å². The molecular formula is C25H33NNaO5S.